The minimum atomic E-state index is -0.432. The average molecular weight is 484 g/mol. The molecule has 0 saturated carbocycles. The molecule has 4 rings (SSSR count). The van der Waals surface area contributed by atoms with Gasteiger partial charge in [0.05, 0.1) is 11.2 Å². The molecule has 160 valence electrons. The summed E-state index contributed by atoms with van der Waals surface area (Å²) in [5.41, 5.74) is 3.74. The van der Waals surface area contributed by atoms with Crippen LogP contribution in [0.25, 0.3) is 10.1 Å². The number of para-hydroxylation sites is 1. The Morgan fingerprint density at radius 1 is 0.969 bits per heavy atom. The summed E-state index contributed by atoms with van der Waals surface area (Å²) < 4.78 is 0.823. The van der Waals surface area contributed by atoms with Crippen LogP contribution in [0.2, 0.25) is 10.0 Å². The summed E-state index contributed by atoms with van der Waals surface area (Å²) in [6.07, 6.45) is 1.35. The minimum Gasteiger partial charge on any atom is -0.507 e. The van der Waals surface area contributed by atoms with E-state index in [1.807, 2.05) is 0 Å². The number of carbonyl (C=O) groups excluding carboxylic acids is 2. The third kappa shape index (κ3) is 4.75. The van der Waals surface area contributed by atoms with Crippen molar-refractivity contribution in [3.05, 3.63) is 92.8 Å². The van der Waals surface area contributed by atoms with E-state index >= 15 is 0 Å². The molecule has 32 heavy (non-hydrogen) atoms. The van der Waals surface area contributed by atoms with E-state index in [4.69, 9.17) is 23.2 Å². The first kappa shape index (κ1) is 21.8. The molecule has 4 aromatic rings. The zero-order chi connectivity index (χ0) is 22.7. The van der Waals surface area contributed by atoms with Crippen molar-refractivity contribution < 1.29 is 14.7 Å². The second-order valence-electron chi connectivity index (χ2n) is 6.68. The van der Waals surface area contributed by atoms with E-state index in [2.05, 4.69) is 15.8 Å². The smallest absolute Gasteiger partial charge is 0.271 e. The number of hydrogen-bond donors (Lipinski definition) is 3. The lowest BCUT2D eigenvalue weighted by atomic mass is 10.2. The Kier molecular flexibility index (Phi) is 6.41. The number of phenolic OH excluding ortho intramolecular Hbond substituents is 1. The molecule has 3 N–H and O–H groups in total. The van der Waals surface area contributed by atoms with Gasteiger partial charge in [-0.25, -0.2) is 5.43 Å². The van der Waals surface area contributed by atoms with Gasteiger partial charge in [-0.2, -0.15) is 5.10 Å². The number of nitrogens with one attached hydrogen (secondary N) is 2. The maximum absolute atomic E-state index is 12.7. The number of halogens is 2. The fraction of sp³-hybridized carbons (Fsp3) is 0. The van der Waals surface area contributed by atoms with Gasteiger partial charge in [0.15, 0.2) is 0 Å². The minimum absolute atomic E-state index is 0.0624. The zero-order valence-corrected chi connectivity index (χ0v) is 18.6. The summed E-state index contributed by atoms with van der Waals surface area (Å²) in [5, 5.41) is 18.0. The molecule has 0 fully saturated rings. The number of rotatable bonds is 5. The summed E-state index contributed by atoms with van der Waals surface area (Å²) >= 11 is 13.6. The monoisotopic (exact) mass is 483 g/mol. The number of hydrazone groups is 1. The molecule has 0 saturated heterocycles. The van der Waals surface area contributed by atoms with Crippen molar-refractivity contribution in [3.63, 3.8) is 0 Å². The van der Waals surface area contributed by atoms with Crippen LogP contribution >= 0.6 is 34.5 Å². The lowest BCUT2D eigenvalue weighted by molar-refractivity contribution is 0.0954. The Balaban J connectivity index is 1.41. The number of amides is 2. The number of phenols is 1. The predicted molar refractivity (Wildman–Crippen MR) is 129 cm³/mol. The van der Waals surface area contributed by atoms with Gasteiger partial charge in [-0.15, -0.1) is 11.3 Å². The average Bonchev–Trinajstić information content (AvgIpc) is 3.11. The molecule has 1 aromatic heterocycles. The lowest BCUT2D eigenvalue weighted by Gasteiger charge is -2.05. The zero-order valence-electron chi connectivity index (χ0n) is 16.3. The first-order valence-corrected chi connectivity index (χ1v) is 10.9. The van der Waals surface area contributed by atoms with Gasteiger partial charge in [0, 0.05) is 31.9 Å². The number of benzene rings is 3. The number of nitrogens with zero attached hydrogens (tertiary/aromatic N) is 1. The van der Waals surface area contributed by atoms with E-state index in [1.54, 1.807) is 60.7 Å². The van der Waals surface area contributed by atoms with Crippen molar-refractivity contribution in [2.24, 2.45) is 5.10 Å². The van der Waals surface area contributed by atoms with E-state index in [1.165, 1.54) is 23.6 Å². The van der Waals surface area contributed by atoms with Gasteiger partial charge < -0.3 is 10.4 Å². The summed E-state index contributed by atoms with van der Waals surface area (Å²) in [6, 6.07) is 18.2. The van der Waals surface area contributed by atoms with Crippen LogP contribution in [0.1, 0.15) is 25.6 Å². The van der Waals surface area contributed by atoms with Crippen molar-refractivity contribution in [1.82, 2.24) is 5.43 Å². The van der Waals surface area contributed by atoms with Crippen LogP contribution in [-0.4, -0.2) is 23.1 Å². The number of carbonyl (C=O) groups is 2. The molecule has 6 nitrogen and oxygen atoms in total. The second-order valence-corrected chi connectivity index (χ2v) is 8.54. The summed E-state index contributed by atoms with van der Waals surface area (Å²) in [5.74, 6) is -0.719. The third-order valence-electron chi connectivity index (χ3n) is 4.51. The van der Waals surface area contributed by atoms with Gasteiger partial charge >= 0.3 is 0 Å². The normalized spacial score (nSPS) is 11.1. The Labute approximate surface area is 197 Å². The second kappa shape index (κ2) is 9.40. The van der Waals surface area contributed by atoms with E-state index in [0.717, 1.165) is 10.1 Å². The first-order chi connectivity index (χ1) is 15.4. The standard InChI is InChI=1S/C23H15Cl2N3O3S/c24-15-7-10-17-19(11-15)32-21(20(17)25)23(31)27-16-8-5-13(6-9-16)22(30)28-26-12-14-3-1-2-4-18(14)29/h1-12,29H,(H,27,31)(H,28,30)/b26-12-. The van der Waals surface area contributed by atoms with Crippen LogP contribution in [0.4, 0.5) is 5.69 Å². The highest BCUT2D eigenvalue weighted by Crippen LogP contribution is 2.37. The van der Waals surface area contributed by atoms with Crippen LogP contribution < -0.4 is 10.7 Å². The summed E-state index contributed by atoms with van der Waals surface area (Å²) in [4.78, 5) is 25.3. The molecule has 0 aliphatic heterocycles. The van der Waals surface area contributed by atoms with Gasteiger partial charge in [-0.1, -0.05) is 41.4 Å². The Morgan fingerprint density at radius 2 is 1.72 bits per heavy atom. The maximum Gasteiger partial charge on any atom is 0.271 e. The number of thiophene rings is 1. The number of hydrogen-bond acceptors (Lipinski definition) is 5. The molecule has 0 aliphatic carbocycles. The van der Waals surface area contributed by atoms with Gasteiger partial charge in [0.2, 0.25) is 0 Å². The topological polar surface area (TPSA) is 90.8 Å². The fourth-order valence-corrected chi connectivity index (χ4v) is 4.59. The van der Waals surface area contributed by atoms with Gasteiger partial charge in [0.25, 0.3) is 11.8 Å². The summed E-state index contributed by atoms with van der Waals surface area (Å²) in [6.45, 7) is 0. The van der Waals surface area contributed by atoms with E-state index in [0.29, 0.717) is 31.7 Å². The van der Waals surface area contributed by atoms with E-state index in [-0.39, 0.29) is 11.7 Å². The Bertz CT molecular complexity index is 1350. The molecule has 0 radical (unpaired) electrons. The van der Waals surface area contributed by atoms with Crippen LogP contribution in [0.5, 0.6) is 5.75 Å². The largest absolute Gasteiger partial charge is 0.507 e. The van der Waals surface area contributed by atoms with Crippen LogP contribution in [0.15, 0.2) is 71.8 Å². The fourth-order valence-electron chi connectivity index (χ4n) is 2.90. The van der Waals surface area contributed by atoms with Gasteiger partial charge in [-0.3, -0.25) is 9.59 Å². The summed E-state index contributed by atoms with van der Waals surface area (Å²) in [7, 11) is 0. The predicted octanol–water partition coefficient (Wildman–Crippen LogP) is 5.93. The molecule has 0 unspecified atom stereocenters. The maximum atomic E-state index is 12.7. The van der Waals surface area contributed by atoms with Crippen molar-refractivity contribution in [3.8, 4) is 5.75 Å². The SMILES string of the molecule is O=C(N/N=C\c1ccccc1O)c1ccc(NC(=O)c2sc3cc(Cl)ccc3c2Cl)cc1. The first-order valence-electron chi connectivity index (χ1n) is 9.33. The van der Waals surface area contributed by atoms with Gasteiger partial charge in [0.1, 0.15) is 10.6 Å². The van der Waals surface area contributed by atoms with Crippen molar-refractivity contribution in [2.45, 2.75) is 0 Å². The van der Waals surface area contributed by atoms with Crippen molar-refractivity contribution in [1.29, 1.82) is 0 Å². The Morgan fingerprint density at radius 3 is 2.47 bits per heavy atom. The number of anilines is 1. The molecule has 2 amide bonds. The lowest BCUT2D eigenvalue weighted by Crippen LogP contribution is -2.17. The molecular formula is C23H15Cl2N3O3S. The van der Waals surface area contributed by atoms with Crippen molar-refractivity contribution >= 4 is 68.3 Å². The van der Waals surface area contributed by atoms with E-state index < -0.39 is 5.91 Å². The highest BCUT2D eigenvalue weighted by atomic mass is 35.5. The van der Waals surface area contributed by atoms with Crippen LogP contribution in [-0.2, 0) is 0 Å². The van der Waals surface area contributed by atoms with Gasteiger partial charge in [-0.05, 0) is 48.5 Å². The molecule has 0 spiro atoms. The van der Waals surface area contributed by atoms with E-state index in [9.17, 15) is 14.7 Å². The molecule has 0 atom stereocenters. The molecule has 0 bridgehead atoms. The number of fused-ring (bicyclic) bond motifs is 1. The Hall–Kier alpha value is -3.39. The molecule has 1 heterocycles. The number of aromatic hydroxyl groups is 1. The molecule has 3 aromatic carbocycles. The van der Waals surface area contributed by atoms with Crippen LogP contribution in [0.3, 0.4) is 0 Å². The highest BCUT2D eigenvalue weighted by molar-refractivity contribution is 7.21. The van der Waals surface area contributed by atoms with Crippen molar-refractivity contribution in [2.75, 3.05) is 5.32 Å². The van der Waals surface area contributed by atoms with Crippen LogP contribution in [0, 0.1) is 0 Å². The quantitative estimate of drug-likeness (QED) is 0.242. The third-order valence-corrected chi connectivity index (χ3v) is 6.40. The molecule has 0 aliphatic rings. The molecule has 9 heteroatoms. The highest BCUT2D eigenvalue weighted by Gasteiger charge is 2.17. The molecular weight excluding hydrogens is 469 g/mol.